The lowest BCUT2D eigenvalue weighted by Crippen LogP contribution is -2.15. The Labute approximate surface area is 133 Å². The van der Waals surface area contributed by atoms with Crippen molar-refractivity contribution in [3.05, 3.63) is 51.6 Å². The van der Waals surface area contributed by atoms with Crippen LogP contribution >= 0.6 is 15.9 Å². The number of hydrogen-bond acceptors (Lipinski definition) is 3. The molecule has 0 spiro atoms. The molecule has 1 fully saturated rings. The van der Waals surface area contributed by atoms with Gasteiger partial charge in [0, 0.05) is 29.3 Å². The van der Waals surface area contributed by atoms with Gasteiger partial charge in [-0.15, -0.1) is 0 Å². The molecule has 1 aliphatic carbocycles. The quantitative estimate of drug-likeness (QED) is 0.864. The Kier molecular flexibility index (Phi) is 4.27. The number of nitrogens with zero attached hydrogens (tertiary/aromatic N) is 1. The predicted octanol–water partition coefficient (Wildman–Crippen LogP) is 4.51. The third kappa shape index (κ3) is 3.83. The molecule has 0 saturated heterocycles. The van der Waals surface area contributed by atoms with Crippen LogP contribution in [0.1, 0.15) is 29.5 Å². The van der Waals surface area contributed by atoms with Crippen LogP contribution in [0.25, 0.3) is 0 Å². The molecule has 1 N–H and O–H groups in total. The van der Waals surface area contributed by atoms with Crippen LogP contribution in [0.15, 0.2) is 34.9 Å². The summed E-state index contributed by atoms with van der Waals surface area (Å²) >= 11 is 3.56. The minimum absolute atomic E-state index is 0.631. The van der Waals surface area contributed by atoms with Crippen molar-refractivity contribution in [1.29, 1.82) is 0 Å². The number of nitrogens with one attached hydrogen (secondary N) is 1. The minimum Gasteiger partial charge on any atom is -0.439 e. The highest BCUT2D eigenvalue weighted by molar-refractivity contribution is 9.10. The SMILES string of the molecule is Cc1cc(Oc2ccc(CNC3CC3)cn2)cc(C)c1Br. The Morgan fingerprint density at radius 3 is 2.52 bits per heavy atom. The molecule has 0 aliphatic heterocycles. The van der Waals surface area contributed by atoms with E-state index < -0.39 is 0 Å². The average Bonchev–Trinajstić information content (AvgIpc) is 3.28. The molecule has 0 bridgehead atoms. The summed E-state index contributed by atoms with van der Waals surface area (Å²) in [6.45, 7) is 5.00. The van der Waals surface area contributed by atoms with E-state index in [1.54, 1.807) is 0 Å². The molecule has 1 saturated carbocycles. The zero-order valence-electron chi connectivity index (χ0n) is 12.3. The van der Waals surface area contributed by atoms with Crippen molar-refractivity contribution in [2.45, 2.75) is 39.3 Å². The molecule has 1 heterocycles. The van der Waals surface area contributed by atoms with Gasteiger partial charge in [0.1, 0.15) is 5.75 Å². The van der Waals surface area contributed by atoms with Crippen LogP contribution in [0.5, 0.6) is 11.6 Å². The van der Waals surface area contributed by atoms with E-state index in [-0.39, 0.29) is 0 Å². The predicted molar refractivity (Wildman–Crippen MR) is 87.8 cm³/mol. The zero-order valence-corrected chi connectivity index (χ0v) is 13.9. The molecule has 21 heavy (non-hydrogen) atoms. The summed E-state index contributed by atoms with van der Waals surface area (Å²) in [6, 6.07) is 8.74. The fourth-order valence-electron chi connectivity index (χ4n) is 2.21. The van der Waals surface area contributed by atoms with E-state index >= 15 is 0 Å². The lowest BCUT2D eigenvalue weighted by atomic mass is 10.1. The first-order valence-corrected chi connectivity index (χ1v) is 8.04. The molecule has 3 rings (SSSR count). The van der Waals surface area contributed by atoms with Crippen LogP contribution in [-0.4, -0.2) is 11.0 Å². The number of rotatable bonds is 5. The Bertz CT molecular complexity index is 613. The maximum absolute atomic E-state index is 5.84. The Morgan fingerprint density at radius 1 is 1.24 bits per heavy atom. The number of hydrogen-bond donors (Lipinski definition) is 1. The van der Waals surface area contributed by atoms with Gasteiger partial charge in [0.2, 0.25) is 5.88 Å². The summed E-state index contributed by atoms with van der Waals surface area (Å²) in [5.74, 6) is 1.45. The molecule has 1 aromatic carbocycles. The van der Waals surface area contributed by atoms with Gasteiger partial charge in [0.15, 0.2) is 0 Å². The van der Waals surface area contributed by atoms with Gasteiger partial charge in [-0.05, 0) is 55.5 Å². The van der Waals surface area contributed by atoms with Crippen LogP contribution in [0.3, 0.4) is 0 Å². The first kappa shape index (κ1) is 14.5. The summed E-state index contributed by atoms with van der Waals surface area (Å²) in [7, 11) is 0. The fraction of sp³-hybridized carbons (Fsp3) is 0.353. The Morgan fingerprint density at radius 2 is 1.95 bits per heavy atom. The normalized spacial score (nSPS) is 14.2. The highest BCUT2D eigenvalue weighted by atomic mass is 79.9. The van der Waals surface area contributed by atoms with Crippen molar-refractivity contribution in [3.8, 4) is 11.6 Å². The second-order valence-electron chi connectivity index (χ2n) is 5.63. The Balaban J connectivity index is 1.66. The van der Waals surface area contributed by atoms with E-state index in [0.717, 1.165) is 33.9 Å². The zero-order chi connectivity index (χ0) is 14.8. The van der Waals surface area contributed by atoms with Crippen molar-refractivity contribution in [2.24, 2.45) is 0 Å². The number of aromatic nitrogens is 1. The first-order valence-electron chi connectivity index (χ1n) is 7.25. The lowest BCUT2D eigenvalue weighted by Gasteiger charge is -2.09. The van der Waals surface area contributed by atoms with Crippen molar-refractivity contribution >= 4 is 15.9 Å². The monoisotopic (exact) mass is 346 g/mol. The second-order valence-corrected chi connectivity index (χ2v) is 6.43. The molecule has 1 aliphatic rings. The molecular formula is C17H19BrN2O. The van der Waals surface area contributed by atoms with Crippen LogP contribution in [-0.2, 0) is 6.54 Å². The minimum atomic E-state index is 0.631. The maximum atomic E-state index is 5.84. The topological polar surface area (TPSA) is 34.1 Å². The van der Waals surface area contributed by atoms with Crippen molar-refractivity contribution < 1.29 is 4.74 Å². The highest BCUT2D eigenvalue weighted by Gasteiger charge is 2.19. The second kappa shape index (κ2) is 6.16. The number of halogens is 1. The molecular weight excluding hydrogens is 328 g/mol. The average molecular weight is 347 g/mol. The van der Waals surface area contributed by atoms with Crippen molar-refractivity contribution in [2.75, 3.05) is 0 Å². The van der Waals surface area contributed by atoms with Crippen molar-refractivity contribution in [1.82, 2.24) is 10.3 Å². The van der Waals surface area contributed by atoms with Crippen molar-refractivity contribution in [3.63, 3.8) is 0 Å². The summed E-state index contributed by atoms with van der Waals surface area (Å²) in [6.07, 6.45) is 4.48. The van der Waals surface area contributed by atoms with Crippen LogP contribution < -0.4 is 10.1 Å². The van der Waals surface area contributed by atoms with Crippen LogP contribution in [0.4, 0.5) is 0 Å². The van der Waals surface area contributed by atoms with Gasteiger partial charge in [-0.3, -0.25) is 0 Å². The molecule has 1 aromatic heterocycles. The number of ether oxygens (including phenoxy) is 1. The third-order valence-corrected chi connectivity index (χ3v) is 4.85. The number of benzene rings is 1. The van der Waals surface area contributed by atoms with E-state index in [2.05, 4.69) is 46.1 Å². The third-order valence-electron chi connectivity index (χ3n) is 3.60. The summed E-state index contributed by atoms with van der Waals surface area (Å²) in [5.41, 5.74) is 3.52. The van der Waals surface area contributed by atoms with Crippen LogP contribution in [0, 0.1) is 13.8 Å². The van der Waals surface area contributed by atoms with E-state index in [4.69, 9.17) is 4.74 Å². The standard InChI is InChI=1S/C17H19BrN2O/c1-11-7-15(8-12(2)17(11)18)21-16-6-3-13(10-20-16)9-19-14-4-5-14/h3,6-8,10,14,19H,4-5,9H2,1-2H3. The molecule has 0 unspecified atom stereocenters. The summed E-state index contributed by atoms with van der Waals surface area (Å²) < 4.78 is 6.96. The summed E-state index contributed by atoms with van der Waals surface area (Å²) in [4.78, 5) is 4.38. The van der Waals surface area contributed by atoms with E-state index in [1.165, 1.54) is 18.4 Å². The lowest BCUT2D eigenvalue weighted by molar-refractivity contribution is 0.461. The van der Waals surface area contributed by atoms with E-state index in [0.29, 0.717) is 5.88 Å². The van der Waals surface area contributed by atoms with Gasteiger partial charge < -0.3 is 10.1 Å². The maximum Gasteiger partial charge on any atom is 0.219 e. The van der Waals surface area contributed by atoms with Gasteiger partial charge in [-0.1, -0.05) is 22.0 Å². The van der Waals surface area contributed by atoms with E-state index in [1.807, 2.05) is 24.4 Å². The Hall–Kier alpha value is -1.39. The largest absolute Gasteiger partial charge is 0.439 e. The van der Waals surface area contributed by atoms with Gasteiger partial charge in [-0.2, -0.15) is 0 Å². The van der Waals surface area contributed by atoms with Gasteiger partial charge >= 0.3 is 0 Å². The van der Waals surface area contributed by atoms with E-state index in [9.17, 15) is 0 Å². The molecule has 0 atom stereocenters. The molecule has 3 nitrogen and oxygen atoms in total. The molecule has 0 radical (unpaired) electrons. The molecule has 110 valence electrons. The van der Waals surface area contributed by atoms with Crippen LogP contribution in [0.2, 0.25) is 0 Å². The fourth-order valence-corrected chi connectivity index (χ4v) is 2.44. The van der Waals surface area contributed by atoms with Gasteiger partial charge in [-0.25, -0.2) is 4.98 Å². The number of pyridine rings is 1. The molecule has 2 aromatic rings. The smallest absolute Gasteiger partial charge is 0.219 e. The van der Waals surface area contributed by atoms with Gasteiger partial charge in [0.25, 0.3) is 0 Å². The summed E-state index contributed by atoms with van der Waals surface area (Å²) in [5, 5.41) is 3.48. The van der Waals surface area contributed by atoms with Gasteiger partial charge in [0.05, 0.1) is 0 Å². The number of aryl methyl sites for hydroxylation is 2. The molecule has 4 heteroatoms. The highest BCUT2D eigenvalue weighted by Crippen LogP contribution is 2.28. The molecule has 0 amide bonds. The first-order chi connectivity index (χ1) is 10.1.